The first-order valence-corrected chi connectivity index (χ1v) is 11.7. The topological polar surface area (TPSA) is 109 Å². The molecule has 1 aromatic carbocycles. The molecular formula is C26H30N6O2. The number of aromatic amines is 1. The lowest BCUT2D eigenvalue weighted by Crippen LogP contribution is -2.34. The first-order chi connectivity index (χ1) is 16.2. The van der Waals surface area contributed by atoms with E-state index in [2.05, 4.69) is 52.4 Å². The van der Waals surface area contributed by atoms with Crippen LogP contribution in [0.2, 0.25) is 0 Å². The van der Waals surface area contributed by atoms with Gasteiger partial charge in [0.1, 0.15) is 0 Å². The minimum absolute atomic E-state index is 0.0263. The quantitative estimate of drug-likeness (QED) is 0.409. The molecule has 1 unspecified atom stereocenters. The van der Waals surface area contributed by atoms with Gasteiger partial charge in [-0.15, -0.1) is 0 Å². The van der Waals surface area contributed by atoms with Crippen LogP contribution in [0.1, 0.15) is 60.9 Å². The van der Waals surface area contributed by atoms with Gasteiger partial charge in [0.15, 0.2) is 5.65 Å². The van der Waals surface area contributed by atoms with Crippen LogP contribution in [-0.4, -0.2) is 48.6 Å². The fourth-order valence-corrected chi connectivity index (χ4v) is 4.68. The van der Waals surface area contributed by atoms with Gasteiger partial charge in [0.2, 0.25) is 0 Å². The van der Waals surface area contributed by atoms with Gasteiger partial charge in [-0.25, -0.2) is 4.98 Å². The molecule has 8 heteroatoms. The maximum absolute atomic E-state index is 12.3. The summed E-state index contributed by atoms with van der Waals surface area (Å²) in [6.45, 7) is 8.30. The van der Waals surface area contributed by atoms with Crippen molar-refractivity contribution in [3.63, 3.8) is 0 Å². The van der Waals surface area contributed by atoms with Crippen molar-refractivity contribution in [3.8, 4) is 11.3 Å². The number of carbonyl (C=O) groups excluding carboxylic acids is 1. The molecular weight excluding hydrogens is 428 g/mol. The van der Waals surface area contributed by atoms with Crippen LogP contribution in [0.4, 0.5) is 0 Å². The number of aromatic nitrogens is 5. The van der Waals surface area contributed by atoms with E-state index in [-0.39, 0.29) is 30.0 Å². The Balaban J connectivity index is 1.38. The summed E-state index contributed by atoms with van der Waals surface area (Å²) in [5.41, 5.74) is 7.05. The second kappa shape index (κ2) is 8.36. The van der Waals surface area contributed by atoms with Crippen LogP contribution < -0.4 is 5.32 Å². The van der Waals surface area contributed by atoms with E-state index in [1.165, 1.54) is 11.3 Å². The standard InChI is InChI=1S/C26H30N6O2/c1-15(14-33)28-25(34)18-7-5-17(6-8-18)16(2)32-13-20-9-19(12-27-24(20)31-32)23-21-10-26(3,4)11-22(21)29-30-23/h5-9,12-13,15-16,33H,10-11,14H2,1-4H3,(H,28,34)(H,29,30)/t15-,16?/m0/s1. The molecule has 2 atom stereocenters. The van der Waals surface area contributed by atoms with Crippen LogP contribution in [0, 0.1) is 5.41 Å². The number of amides is 1. The monoisotopic (exact) mass is 458 g/mol. The first-order valence-electron chi connectivity index (χ1n) is 11.7. The molecule has 0 saturated carbocycles. The zero-order valence-electron chi connectivity index (χ0n) is 20.0. The van der Waals surface area contributed by atoms with Gasteiger partial charge in [0.05, 0.1) is 18.3 Å². The third kappa shape index (κ3) is 4.09. The average molecular weight is 459 g/mol. The van der Waals surface area contributed by atoms with E-state index in [1.807, 2.05) is 29.2 Å². The predicted octanol–water partition coefficient (Wildman–Crippen LogP) is 3.67. The van der Waals surface area contributed by atoms with Gasteiger partial charge in [0, 0.05) is 46.2 Å². The van der Waals surface area contributed by atoms with Gasteiger partial charge < -0.3 is 10.4 Å². The molecule has 0 spiro atoms. The third-order valence-corrected chi connectivity index (χ3v) is 6.62. The largest absolute Gasteiger partial charge is 0.394 e. The highest BCUT2D eigenvalue weighted by molar-refractivity contribution is 5.94. The Morgan fingerprint density at radius 2 is 2.00 bits per heavy atom. The van der Waals surface area contributed by atoms with Crippen molar-refractivity contribution in [1.82, 2.24) is 30.3 Å². The van der Waals surface area contributed by atoms with Crippen molar-refractivity contribution < 1.29 is 9.90 Å². The van der Waals surface area contributed by atoms with Crippen molar-refractivity contribution in [1.29, 1.82) is 0 Å². The van der Waals surface area contributed by atoms with Crippen LogP contribution in [-0.2, 0) is 12.8 Å². The van der Waals surface area contributed by atoms with Gasteiger partial charge in [-0.1, -0.05) is 26.0 Å². The molecule has 3 heterocycles. The van der Waals surface area contributed by atoms with Gasteiger partial charge >= 0.3 is 0 Å². The van der Waals surface area contributed by atoms with E-state index in [9.17, 15) is 4.79 Å². The molecule has 5 rings (SSSR count). The van der Waals surface area contributed by atoms with Crippen molar-refractivity contribution in [2.45, 2.75) is 52.6 Å². The molecule has 3 aromatic heterocycles. The number of hydrogen-bond donors (Lipinski definition) is 3. The van der Waals surface area contributed by atoms with Crippen LogP contribution >= 0.6 is 0 Å². The number of benzene rings is 1. The van der Waals surface area contributed by atoms with Gasteiger partial charge in [-0.05, 0) is 55.9 Å². The number of hydrogen-bond acceptors (Lipinski definition) is 5. The fourth-order valence-electron chi connectivity index (χ4n) is 4.68. The van der Waals surface area contributed by atoms with Crippen molar-refractivity contribution in [2.75, 3.05) is 6.61 Å². The number of pyridine rings is 1. The normalized spacial score (nSPS) is 16.4. The minimum atomic E-state index is -0.283. The molecule has 0 bridgehead atoms. The molecule has 1 amide bonds. The molecule has 8 nitrogen and oxygen atoms in total. The highest BCUT2D eigenvalue weighted by Crippen LogP contribution is 2.40. The number of nitrogens with one attached hydrogen (secondary N) is 2. The summed E-state index contributed by atoms with van der Waals surface area (Å²) in [5, 5.41) is 25.3. The summed E-state index contributed by atoms with van der Waals surface area (Å²) in [6.07, 6.45) is 5.89. The Bertz CT molecular complexity index is 1350. The minimum Gasteiger partial charge on any atom is -0.394 e. The highest BCUT2D eigenvalue weighted by atomic mass is 16.3. The number of fused-ring (bicyclic) bond motifs is 2. The SMILES string of the molecule is CC(c1ccc(C(=O)N[C@@H](C)CO)cc1)n1cc2cc(-c3n[nH]c4c3CC(C)(C)C4)cnc2n1. The molecule has 1 aliphatic rings. The van der Waals surface area contributed by atoms with Crippen molar-refractivity contribution in [2.24, 2.45) is 5.41 Å². The lowest BCUT2D eigenvalue weighted by atomic mass is 9.90. The summed E-state index contributed by atoms with van der Waals surface area (Å²) >= 11 is 0. The van der Waals surface area contributed by atoms with Gasteiger partial charge in [-0.2, -0.15) is 10.2 Å². The maximum Gasteiger partial charge on any atom is 0.251 e. The molecule has 4 aromatic rings. The zero-order valence-corrected chi connectivity index (χ0v) is 20.0. The number of nitrogens with zero attached hydrogens (tertiary/aromatic N) is 4. The van der Waals surface area contributed by atoms with Crippen LogP contribution in [0.5, 0.6) is 0 Å². The smallest absolute Gasteiger partial charge is 0.251 e. The molecule has 1 aliphatic carbocycles. The number of carbonyl (C=O) groups is 1. The number of aliphatic hydroxyl groups excluding tert-OH is 1. The number of rotatable bonds is 6. The highest BCUT2D eigenvalue weighted by Gasteiger charge is 2.32. The lowest BCUT2D eigenvalue weighted by molar-refractivity contribution is 0.0922. The molecule has 34 heavy (non-hydrogen) atoms. The lowest BCUT2D eigenvalue weighted by Gasteiger charge is -2.15. The Morgan fingerprint density at radius 3 is 2.74 bits per heavy atom. The maximum atomic E-state index is 12.3. The van der Waals surface area contributed by atoms with E-state index in [1.54, 1.807) is 19.1 Å². The zero-order chi connectivity index (χ0) is 24.0. The second-order valence-corrected chi connectivity index (χ2v) is 10.1. The summed E-state index contributed by atoms with van der Waals surface area (Å²) in [7, 11) is 0. The van der Waals surface area contributed by atoms with Gasteiger partial charge in [-0.3, -0.25) is 14.6 Å². The number of H-pyrrole nitrogens is 1. The van der Waals surface area contributed by atoms with Gasteiger partial charge in [0.25, 0.3) is 5.91 Å². The van der Waals surface area contributed by atoms with Crippen LogP contribution in [0.25, 0.3) is 22.3 Å². The van der Waals surface area contributed by atoms with Crippen LogP contribution in [0.3, 0.4) is 0 Å². The van der Waals surface area contributed by atoms with E-state index in [0.717, 1.165) is 35.0 Å². The summed E-state index contributed by atoms with van der Waals surface area (Å²) in [4.78, 5) is 16.9. The molecule has 0 saturated heterocycles. The van der Waals surface area contributed by atoms with Crippen molar-refractivity contribution in [3.05, 3.63) is 65.1 Å². The summed E-state index contributed by atoms with van der Waals surface area (Å²) < 4.78 is 1.91. The van der Waals surface area contributed by atoms with Crippen LogP contribution in [0.15, 0.2) is 42.7 Å². The van der Waals surface area contributed by atoms with Crippen molar-refractivity contribution >= 4 is 16.9 Å². The molecule has 0 radical (unpaired) electrons. The van der Waals surface area contributed by atoms with E-state index in [4.69, 9.17) is 5.11 Å². The molecule has 3 N–H and O–H groups in total. The first kappa shape index (κ1) is 22.3. The van der Waals surface area contributed by atoms with E-state index < -0.39 is 0 Å². The fraction of sp³-hybridized carbons (Fsp3) is 0.385. The van der Waals surface area contributed by atoms with E-state index >= 15 is 0 Å². The Morgan fingerprint density at radius 1 is 1.24 bits per heavy atom. The van der Waals surface area contributed by atoms with E-state index in [0.29, 0.717) is 11.2 Å². The Labute approximate surface area is 198 Å². The Hall–Kier alpha value is -3.52. The average Bonchev–Trinajstić information content (AvgIpc) is 3.49. The second-order valence-electron chi connectivity index (χ2n) is 10.1. The molecule has 176 valence electrons. The number of aliphatic hydroxyl groups is 1. The molecule has 0 aliphatic heterocycles. The molecule has 0 fully saturated rings. The third-order valence-electron chi connectivity index (χ3n) is 6.62. The summed E-state index contributed by atoms with van der Waals surface area (Å²) in [6, 6.07) is 9.26. The predicted molar refractivity (Wildman–Crippen MR) is 131 cm³/mol. The Kier molecular flexibility index (Phi) is 5.48. The summed E-state index contributed by atoms with van der Waals surface area (Å²) in [5.74, 6) is -0.199.